The number of aliphatic hydroxyl groups is 1. The van der Waals surface area contributed by atoms with Crippen LogP contribution in [-0.2, 0) is 4.79 Å². The van der Waals surface area contributed by atoms with Crippen molar-refractivity contribution in [3.63, 3.8) is 0 Å². The van der Waals surface area contributed by atoms with Crippen molar-refractivity contribution in [3.05, 3.63) is 35.6 Å². The molecule has 6 heteroatoms. The SMILES string of the molecule is CN1CCN(C(=O)CCN2C[C@@H](O)C[C@@H]2c2ccc(F)cc2)CC1. The molecule has 3 rings (SSSR count). The van der Waals surface area contributed by atoms with E-state index in [9.17, 15) is 14.3 Å². The third-order valence-corrected chi connectivity index (χ3v) is 5.11. The van der Waals surface area contributed by atoms with Crippen molar-refractivity contribution in [1.29, 1.82) is 0 Å². The molecule has 2 atom stereocenters. The zero-order chi connectivity index (χ0) is 17.1. The Morgan fingerprint density at radius 3 is 2.54 bits per heavy atom. The van der Waals surface area contributed by atoms with Gasteiger partial charge in [-0.15, -0.1) is 0 Å². The first kappa shape index (κ1) is 17.3. The molecule has 2 aliphatic rings. The van der Waals surface area contributed by atoms with Crippen LogP contribution in [0.4, 0.5) is 4.39 Å². The average Bonchev–Trinajstić information content (AvgIpc) is 2.95. The summed E-state index contributed by atoms with van der Waals surface area (Å²) in [6, 6.07) is 6.50. The Morgan fingerprint density at radius 2 is 1.88 bits per heavy atom. The Balaban J connectivity index is 1.56. The number of aliphatic hydroxyl groups excluding tert-OH is 1. The molecule has 24 heavy (non-hydrogen) atoms. The van der Waals surface area contributed by atoms with Crippen molar-refractivity contribution in [2.24, 2.45) is 0 Å². The molecule has 132 valence electrons. The standard InChI is InChI=1S/C18H26FN3O2/c1-20-8-10-21(11-9-20)18(24)6-7-22-13-16(23)12-17(22)14-2-4-15(19)5-3-14/h2-5,16-17,23H,6-13H2,1H3/t16-,17+/m0/s1. The molecule has 5 nitrogen and oxygen atoms in total. The van der Waals surface area contributed by atoms with Crippen molar-refractivity contribution < 1.29 is 14.3 Å². The van der Waals surface area contributed by atoms with Crippen LogP contribution in [0.5, 0.6) is 0 Å². The summed E-state index contributed by atoms with van der Waals surface area (Å²) in [7, 11) is 2.07. The average molecular weight is 335 g/mol. The number of rotatable bonds is 4. The molecule has 0 saturated carbocycles. The summed E-state index contributed by atoms with van der Waals surface area (Å²) >= 11 is 0. The van der Waals surface area contributed by atoms with Crippen molar-refractivity contribution >= 4 is 5.91 Å². The van der Waals surface area contributed by atoms with Crippen LogP contribution >= 0.6 is 0 Å². The van der Waals surface area contributed by atoms with E-state index in [-0.39, 0.29) is 17.8 Å². The predicted molar refractivity (Wildman–Crippen MR) is 90.0 cm³/mol. The smallest absolute Gasteiger partial charge is 0.223 e. The molecule has 2 fully saturated rings. The minimum atomic E-state index is -0.390. The number of likely N-dealkylation sites (N-methyl/N-ethyl adjacent to an activating group) is 1. The first-order chi connectivity index (χ1) is 11.5. The fourth-order valence-corrected chi connectivity index (χ4v) is 3.61. The van der Waals surface area contributed by atoms with E-state index < -0.39 is 6.10 Å². The predicted octanol–water partition coefficient (Wildman–Crippen LogP) is 1.10. The Morgan fingerprint density at radius 1 is 1.21 bits per heavy atom. The largest absolute Gasteiger partial charge is 0.392 e. The zero-order valence-electron chi connectivity index (χ0n) is 14.2. The van der Waals surface area contributed by atoms with E-state index in [1.165, 1.54) is 12.1 Å². The molecule has 0 unspecified atom stereocenters. The minimum Gasteiger partial charge on any atom is -0.392 e. The third kappa shape index (κ3) is 4.12. The van der Waals surface area contributed by atoms with Crippen molar-refractivity contribution in [3.8, 4) is 0 Å². The first-order valence-electron chi connectivity index (χ1n) is 8.67. The van der Waals surface area contributed by atoms with E-state index in [0.717, 1.165) is 31.7 Å². The molecular formula is C18H26FN3O2. The van der Waals surface area contributed by atoms with E-state index in [4.69, 9.17) is 0 Å². The molecule has 0 spiro atoms. The summed E-state index contributed by atoms with van der Waals surface area (Å²) in [6.07, 6.45) is 0.710. The van der Waals surface area contributed by atoms with Gasteiger partial charge < -0.3 is 14.9 Å². The van der Waals surface area contributed by atoms with Gasteiger partial charge in [-0.25, -0.2) is 4.39 Å². The highest BCUT2D eigenvalue weighted by molar-refractivity contribution is 5.76. The number of benzene rings is 1. The molecule has 2 saturated heterocycles. The van der Waals surface area contributed by atoms with Crippen LogP contribution in [-0.4, -0.2) is 78.1 Å². The summed E-state index contributed by atoms with van der Waals surface area (Å²) in [5.74, 6) is -0.0727. The van der Waals surface area contributed by atoms with Crippen LogP contribution in [0, 0.1) is 5.82 Å². The molecule has 0 radical (unpaired) electrons. The first-order valence-corrected chi connectivity index (χ1v) is 8.67. The Labute approximate surface area is 142 Å². The van der Waals surface area contributed by atoms with E-state index in [2.05, 4.69) is 16.8 Å². The van der Waals surface area contributed by atoms with Gasteiger partial charge in [0.15, 0.2) is 0 Å². The van der Waals surface area contributed by atoms with E-state index >= 15 is 0 Å². The van der Waals surface area contributed by atoms with Gasteiger partial charge >= 0.3 is 0 Å². The maximum atomic E-state index is 13.1. The normalized spacial score (nSPS) is 26.0. The quantitative estimate of drug-likeness (QED) is 0.895. The molecule has 1 aromatic rings. The highest BCUT2D eigenvalue weighted by atomic mass is 19.1. The Kier molecular flexibility index (Phi) is 5.48. The van der Waals surface area contributed by atoms with E-state index in [0.29, 0.717) is 25.9 Å². The second-order valence-electron chi connectivity index (χ2n) is 6.89. The second kappa shape index (κ2) is 7.59. The molecular weight excluding hydrogens is 309 g/mol. The third-order valence-electron chi connectivity index (χ3n) is 5.11. The van der Waals surface area contributed by atoms with Gasteiger partial charge in [-0.05, 0) is 31.2 Å². The number of carbonyl (C=O) groups is 1. The summed E-state index contributed by atoms with van der Waals surface area (Å²) < 4.78 is 13.1. The van der Waals surface area contributed by atoms with Crippen molar-refractivity contribution in [1.82, 2.24) is 14.7 Å². The van der Waals surface area contributed by atoms with Gasteiger partial charge in [-0.1, -0.05) is 12.1 Å². The molecule has 1 aromatic carbocycles. The van der Waals surface area contributed by atoms with E-state index in [1.807, 2.05) is 4.90 Å². The lowest BCUT2D eigenvalue weighted by Crippen LogP contribution is -2.47. The van der Waals surface area contributed by atoms with Gasteiger partial charge in [0, 0.05) is 51.7 Å². The second-order valence-corrected chi connectivity index (χ2v) is 6.89. The minimum absolute atomic E-state index is 0.0564. The van der Waals surface area contributed by atoms with Gasteiger partial charge in [0.2, 0.25) is 5.91 Å². The van der Waals surface area contributed by atoms with Gasteiger partial charge in [-0.2, -0.15) is 0 Å². The molecule has 0 aliphatic carbocycles. The number of nitrogens with zero attached hydrogens (tertiary/aromatic N) is 3. The fraction of sp³-hybridized carbons (Fsp3) is 0.611. The highest BCUT2D eigenvalue weighted by Crippen LogP contribution is 2.32. The van der Waals surface area contributed by atoms with Crippen molar-refractivity contribution in [2.75, 3.05) is 46.3 Å². The lowest BCUT2D eigenvalue weighted by molar-refractivity contribution is -0.133. The Hall–Kier alpha value is -1.50. The fourth-order valence-electron chi connectivity index (χ4n) is 3.61. The molecule has 2 heterocycles. The maximum absolute atomic E-state index is 13.1. The van der Waals surface area contributed by atoms with Crippen molar-refractivity contribution in [2.45, 2.75) is 25.0 Å². The summed E-state index contributed by atoms with van der Waals surface area (Å²) in [5.41, 5.74) is 1.000. The summed E-state index contributed by atoms with van der Waals surface area (Å²) in [4.78, 5) is 18.7. The van der Waals surface area contributed by atoms with Gasteiger partial charge in [-0.3, -0.25) is 9.69 Å². The summed E-state index contributed by atoms with van der Waals surface area (Å²) in [6.45, 7) is 4.62. The number of hydrogen-bond donors (Lipinski definition) is 1. The number of halogens is 1. The van der Waals surface area contributed by atoms with Gasteiger partial charge in [0.1, 0.15) is 5.82 Å². The van der Waals surface area contributed by atoms with Gasteiger partial charge in [0.05, 0.1) is 6.10 Å². The number of hydrogen-bond acceptors (Lipinski definition) is 4. The van der Waals surface area contributed by atoms with Crippen LogP contribution < -0.4 is 0 Å². The molecule has 2 aliphatic heterocycles. The van der Waals surface area contributed by atoms with Crippen LogP contribution in [0.15, 0.2) is 24.3 Å². The van der Waals surface area contributed by atoms with Crippen LogP contribution in [0.25, 0.3) is 0 Å². The number of β-amino-alcohol motifs (C(OH)–C–C–N with tert-alkyl or cyclic N) is 1. The zero-order valence-corrected chi connectivity index (χ0v) is 14.2. The van der Waals surface area contributed by atoms with E-state index in [1.54, 1.807) is 12.1 Å². The molecule has 1 amide bonds. The summed E-state index contributed by atoms with van der Waals surface area (Å²) in [5, 5.41) is 10.0. The molecule has 1 N–H and O–H groups in total. The Bertz CT molecular complexity index is 558. The highest BCUT2D eigenvalue weighted by Gasteiger charge is 2.32. The number of amides is 1. The topological polar surface area (TPSA) is 47.0 Å². The van der Waals surface area contributed by atoms with Gasteiger partial charge in [0.25, 0.3) is 0 Å². The molecule has 0 aromatic heterocycles. The number of carbonyl (C=O) groups excluding carboxylic acids is 1. The van der Waals surface area contributed by atoms with Crippen LogP contribution in [0.1, 0.15) is 24.4 Å². The maximum Gasteiger partial charge on any atom is 0.223 e. The monoisotopic (exact) mass is 335 g/mol. The lowest BCUT2D eigenvalue weighted by atomic mass is 10.0. The van der Waals surface area contributed by atoms with Crippen LogP contribution in [0.2, 0.25) is 0 Å². The lowest BCUT2D eigenvalue weighted by Gasteiger charge is -2.33. The number of likely N-dealkylation sites (tertiary alicyclic amines) is 1. The number of piperazine rings is 1. The van der Waals surface area contributed by atoms with Crippen LogP contribution in [0.3, 0.4) is 0 Å². The molecule has 0 bridgehead atoms.